The predicted octanol–water partition coefficient (Wildman–Crippen LogP) is 4.30. The van der Waals surface area contributed by atoms with Gasteiger partial charge in [0.1, 0.15) is 0 Å². The Morgan fingerprint density at radius 1 is 1.11 bits per heavy atom. The third-order valence-corrected chi connectivity index (χ3v) is 5.93. The second-order valence-corrected chi connectivity index (χ2v) is 9.23. The van der Waals surface area contributed by atoms with Gasteiger partial charge >= 0.3 is 0 Å². The molecule has 2 aromatic rings. The quantitative estimate of drug-likeness (QED) is 0.809. The molecule has 27 heavy (non-hydrogen) atoms. The van der Waals surface area contributed by atoms with Crippen LogP contribution in [0.5, 0.6) is 0 Å². The lowest BCUT2D eigenvalue weighted by Crippen LogP contribution is -2.38. The fourth-order valence-corrected chi connectivity index (χ4v) is 4.19. The Balaban J connectivity index is 1.85. The van der Waals surface area contributed by atoms with E-state index in [0.29, 0.717) is 6.42 Å². The molecule has 0 unspecified atom stereocenters. The summed E-state index contributed by atoms with van der Waals surface area (Å²) in [6.45, 7) is 16.8. The molecule has 0 N–H and O–H groups in total. The number of carbonyl (C=O) groups excluding carboxylic acids is 1. The molecule has 0 bridgehead atoms. The first-order valence-electron chi connectivity index (χ1n) is 10.2. The molecule has 1 aliphatic heterocycles. The Bertz CT molecular complexity index is 852. The molecular formula is C22H34N4O. The van der Waals surface area contributed by atoms with Gasteiger partial charge in [0.05, 0.1) is 11.2 Å². The van der Waals surface area contributed by atoms with Crippen LogP contribution in [0.2, 0.25) is 0 Å². The maximum absolute atomic E-state index is 12.7. The monoisotopic (exact) mass is 370 g/mol. The third kappa shape index (κ3) is 3.87. The third-order valence-electron chi connectivity index (χ3n) is 5.93. The van der Waals surface area contributed by atoms with Gasteiger partial charge in [-0.3, -0.25) is 4.79 Å². The van der Waals surface area contributed by atoms with E-state index in [0.717, 1.165) is 60.7 Å². The standard InChI is InChI=1S/C22H34N4O/c1-14-10-12-25(13-11-14)19(27)9-8-18-15(2)20-17(4)24-26(22(5,6)7)21(20)23-16(18)3/h14H,8-13H2,1-7H3. The summed E-state index contributed by atoms with van der Waals surface area (Å²) in [4.78, 5) is 19.6. The Hall–Kier alpha value is -1.91. The molecule has 3 rings (SSSR count). The van der Waals surface area contributed by atoms with Crippen LogP contribution >= 0.6 is 0 Å². The zero-order valence-electron chi connectivity index (χ0n) is 18.0. The number of aromatic nitrogens is 3. The molecule has 0 spiro atoms. The van der Waals surface area contributed by atoms with Gasteiger partial charge in [0, 0.05) is 30.6 Å². The summed E-state index contributed by atoms with van der Waals surface area (Å²) >= 11 is 0. The van der Waals surface area contributed by atoms with Crippen LogP contribution in [-0.4, -0.2) is 38.7 Å². The van der Waals surface area contributed by atoms with Crippen LogP contribution in [0.4, 0.5) is 0 Å². The highest BCUT2D eigenvalue weighted by Gasteiger charge is 2.24. The molecule has 5 heteroatoms. The number of piperidine rings is 1. The largest absolute Gasteiger partial charge is 0.343 e. The zero-order chi connectivity index (χ0) is 19.9. The van der Waals surface area contributed by atoms with Crippen molar-refractivity contribution >= 4 is 16.9 Å². The molecule has 148 valence electrons. The predicted molar refractivity (Wildman–Crippen MR) is 110 cm³/mol. The molecule has 0 atom stereocenters. The van der Waals surface area contributed by atoms with E-state index in [-0.39, 0.29) is 11.4 Å². The molecular weight excluding hydrogens is 336 g/mol. The smallest absolute Gasteiger partial charge is 0.222 e. The van der Waals surface area contributed by atoms with Gasteiger partial charge in [-0.15, -0.1) is 0 Å². The van der Waals surface area contributed by atoms with Gasteiger partial charge in [-0.1, -0.05) is 6.92 Å². The molecule has 5 nitrogen and oxygen atoms in total. The molecule has 0 aliphatic carbocycles. The molecule has 0 radical (unpaired) electrons. The Kier molecular flexibility index (Phi) is 5.33. The van der Waals surface area contributed by atoms with Crippen LogP contribution in [0.15, 0.2) is 0 Å². The number of hydrogen-bond donors (Lipinski definition) is 0. The zero-order valence-corrected chi connectivity index (χ0v) is 18.0. The van der Waals surface area contributed by atoms with Gasteiger partial charge in [0.15, 0.2) is 5.65 Å². The minimum absolute atomic E-state index is 0.110. The Morgan fingerprint density at radius 2 is 1.74 bits per heavy atom. The number of fused-ring (bicyclic) bond motifs is 1. The highest BCUT2D eigenvalue weighted by molar-refractivity contribution is 5.84. The van der Waals surface area contributed by atoms with Gasteiger partial charge < -0.3 is 4.90 Å². The second kappa shape index (κ2) is 7.25. The van der Waals surface area contributed by atoms with Crippen molar-refractivity contribution in [2.45, 2.75) is 79.7 Å². The normalized spacial score (nSPS) is 16.3. The van der Waals surface area contributed by atoms with E-state index < -0.39 is 0 Å². The molecule has 1 saturated heterocycles. The van der Waals surface area contributed by atoms with Crippen molar-refractivity contribution in [1.29, 1.82) is 0 Å². The highest BCUT2D eigenvalue weighted by Crippen LogP contribution is 2.30. The van der Waals surface area contributed by atoms with Crippen LogP contribution in [0.25, 0.3) is 11.0 Å². The van der Waals surface area contributed by atoms with Crippen LogP contribution in [0.1, 0.15) is 69.5 Å². The first-order chi connectivity index (χ1) is 12.6. The number of nitrogens with zero attached hydrogens (tertiary/aromatic N) is 4. The summed E-state index contributed by atoms with van der Waals surface area (Å²) in [7, 11) is 0. The maximum Gasteiger partial charge on any atom is 0.222 e. The maximum atomic E-state index is 12.7. The minimum atomic E-state index is -0.110. The van der Waals surface area contributed by atoms with Gasteiger partial charge in [-0.2, -0.15) is 5.10 Å². The molecule has 1 aliphatic rings. The molecule has 3 heterocycles. The lowest BCUT2D eigenvalue weighted by molar-refractivity contribution is -0.132. The van der Waals surface area contributed by atoms with E-state index in [9.17, 15) is 4.79 Å². The van der Waals surface area contributed by atoms with E-state index in [2.05, 4.69) is 48.5 Å². The van der Waals surface area contributed by atoms with Gasteiger partial charge in [-0.25, -0.2) is 9.67 Å². The van der Waals surface area contributed by atoms with Crippen molar-refractivity contribution in [3.05, 3.63) is 22.5 Å². The fraction of sp³-hybridized carbons (Fsp3) is 0.682. The van der Waals surface area contributed by atoms with Crippen molar-refractivity contribution in [3.8, 4) is 0 Å². The number of amides is 1. The summed E-state index contributed by atoms with van der Waals surface area (Å²) < 4.78 is 2.03. The van der Waals surface area contributed by atoms with E-state index in [4.69, 9.17) is 10.1 Å². The van der Waals surface area contributed by atoms with Gasteiger partial charge in [0.2, 0.25) is 5.91 Å². The van der Waals surface area contributed by atoms with E-state index in [1.165, 1.54) is 11.1 Å². The summed E-state index contributed by atoms with van der Waals surface area (Å²) in [5.74, 6) is 1.02. The van der Waals surface area contributed by atoms with Crippen molar-refractivity contribution in [2.24, 2.45) is 5.92 Å². The molecule has 1 amide bonds. The Morgan fingerprint density at radius 3 is 2.33 bits per heavy atom. The molecule has 0 aromatic carbocycles. The second-order valence-electron chi connectivity index (χ2n) is 9.23. The molecule has 0 saturated carbocycles. The van der Waals surface area contributed by atoms with Crippen molar-refractivity contribution in [3.63, 3.8) is 0 Å². The summed E-state index contributed by atoms with van der Waals surface area (Å²) in [5.41, 5.74) is 5.31. The van der Waals surface area contributed by atoms with E-state index in [1.807, 2.05) is 9.58 Å². The van der Waals surface area contributed by atoms with Crippen LogP contribution in [-0.2, 0) is 16.8 Å². The number of likely N-dealkylation sites (tertiary alicyclic amines) is 1. The van der Waals surface area contributed by atoms with Crippen molar-refractivity contribution < 1.29 is 4.79 Å². The summed E-state index contributed by atoms with van der Waals surface area (Å²) in [6.07, 6.45) is 3.58. The first kappa shape index (κ1) is 19.8. The number of pyridine rings is 1. The van der Waals surface area contributed by atoms with Crippen LogP contribution in [0, 0.1) is 26.7 Å². The first-order valence-corrected chi connectivity index (χ1v) is 10.2. The summed E-state index contributed by atoms with van der Waals surface area (Å²) in [6, 6.07) is 0. The van der Waals surface area contributed by atoms with E-state index >= 15 is 0 Å². The number of aryl methyl sites for hydroxylation is 3. The lowest BCUT2D eigenvalue weighted by Gasteiger charge is -2.30. The minimum Gasteiger partial charge on any atom is -0.343 e. The van der Waals surface area contributed by atoms with Gasteiger partial charge in [-0.05, 0) is 77.8 Å². The van der Waals surface area contributed by atoms with Crippen LogP contribution < -0.4 is 0 Å². The fourth-order valence-electron chi connectivity index (χ4n) is 4.19. The average Bonchev–Trinajstić information content (AvgIpc) is 2.92. The number of hydrogen-bond acceptors (Lipinski definition) is 3. The topological polar surface area (TPSA) is 51.0 Å². The Labute approximate surface area is 163 Å². The van der Waals surface area contributed by atoms with Crippen LogP contribution in [0.3, 0.4) is 0 Å². The van der Waals surface area contributed by atoms with Crippen molar-refractivity contribution in [1.82, 2.24) is 19.7 Å². The number of carbonyl (C=O) groups is 1. The van der Waals surface area contributed by atoms with Gasteiger partial charge in [0.25, 0.3) is 0 Å². The number of rotatable bonds is 3. The molecule has 2 aromatic heterocycles. The average molecular weight is 371 g/mol. The SMILES string of the molecule is Cc1nc2c(c(C)nn2C(C)(C)C)c(C)c1CCC(=O)N1CCC(C)CC1. The summed E-state index contributed by atoms with van der Waals surface area (Å²) in [5, 5.41) is 5.90. The highest BCUT2D eigenvalue weighted by atomic mass is 16.2. The molecule has 1 fully saturated rings. The van der Waals surface area contributed by atoms with Crippen molar-refractivity contribution in [2.75, 3.05) is 13.1 Å². The lowest BCUT2D eigenvalue weighted by atomic mass is 9.97. The van der Waals surface area contributed by atoms with E-state index in [1.54, 1.807) is 0 Å².